The molecule has 0 amide bonds. The Kier molecular flexibility index (Phi) is 4.76. The molecule has 0 bridgehead atoms. The monoisotopic (exact) mass is 434 g/mol. The summed E-state index contributed by atoms with van der Waals surface area (Å²) < 4.78 is 6.50. The van der Waals surface area contributed by atoms with E-state index >= 15 is 0 Å². The van der Waals surface area contributed by atoms with Gasteiger partial charge in [0.05, 0.1) is 24.2 Å². The number of nitrogens with one attached hydrogen (secondary N) is 1. The Morgan fingerprint density at radius 3 is 2.75 bits per heavy atom. The van der Waals surface area contributed by atoms with Crippen molar-refractivity contribution in [1.29, 1.82) is 0 Å². The summed E-state index contributed by atoms with van der Waals surface area (Å²) in [6, 6.07) is 6.73. The fourth-order valence-electron chi connectivity index (χ4n) is 4.55. The number of aromatic amines is 1. The van der Waals surface area contributed by atoms with Crippen molar-refractivity contribution in [3.05, 3.63) is 40.9 Å². The molecule has 10 nitrogen and oxygen atoms in total. The predicted molar refractivity (Wildman–Crippen MR) is 118 cm³/mol. The number of phenolic OH excluding ortho intramolecular Hbond substituents is 1. The lowest BCUT2D eigenvalue weighted by Gasteiger charge is -2.29. The number of benzene rings is 1. The number of nitrogens with two attached hydrogens (primary N) is 1. The van der Waals surface area contributed by atoms with Crippen molar-refractivity contribution < 1.29 is 14.6 Å². The number of rotatable bonds is 3. The molecule has 1 fully saturated rings. The number of hydrogen-bond donors (Lipinski definition) is 3. The number of methoxy groups -OCH3 is 1. The zero-order valence-corrected chi connectivity index (χ0v) is 17.4. The predicted octanol–water partition coefficient (Wildman–Crippen LogP) is 2.53. The van der Waals surface area contributed by atoms with Crippen LogP contribution in [0.1, 0.15) is 31.7 Å². The van der Waals surface area contributed by atoms with Gasteiger partial charge in [-0.15, -0.1) is 0 Å². The number of carbonyl (C=O) groups excluding carboxylic acids is 1. The van der Waals surface area contributed by atoms with E-state index < -0.39 is 0 Å². The molecule has 0 aliphatic heterocycles. The van der Waals surface area contributed by atoms with Gasteiger partial charge >= 0.3 is 5.97 Å². The van der Waals surface area contributed by atoms with Crippen LogP contribution in [0.4, 0.5) is 5.82 Å². The van der Waals surface area contributed by atoms with E-state index in [0.29, 0.717) is 48.1 Å². The van der Waals surface area contributed by atoms with Crippen molar-refractivity contribution in [2.75, 3.05) is 12.8 Å². The van der Waals surface area contributed by atoms with Gasteiger partial charge < -0.3 is 20.6 Å². The third kappa shape index (κ3) is 3.15. The Labute approximate surface area is 182 Å². The quantitative estimate of drug-likeness (QED) is 0.416. The summed E-state index contributed by atoms with van der Waals surface area (Å²) in [7, 11) is 1.39. The van der Waals surface area contributed by atoms with Gasteiger partial charge in [-0.1, -0.05) is 12.1 Å². The maximum Gasteiger partial charge on any atom is 0.308 e. The van der Waals surface area contributed by atoms with Gasteiger partial charge in [-0.3, -0.25) is 14.2 Å². The van der Waals surface area contributed by atoms with Gasteiger partial charge in [0, 0.05) is 11.4 Å². The van der Waals surface area contributed by atoms with Gasteiger partial charge in [0.15, 0.2) is 17.2 Å². The molecule has 0 atom stereocenters. The second kappa shape index (κ2) is 7.63. The molecular formula is C22H22N6O4. The van der Waals surface area contributed by atoms with Crippen LogP contribution >= 0.6 is 0 Å². The van der Waals surface area contributed by atoms with Crippen molar-refractivity contribution >= 4 is 33.9 Å². The Morgan fingerprint density at radius 1 is 1.25 bits per heavy atom. The summed E-state index contributed by atoms with van der Waals surface area (Å²) >= 11 is 0. The topological polar surface area (TPSA) is 149 Å². The molecular weight excluding hydrogens is 412 g/mol. The van der Waals surface area contributed by atoms with Gasteiger partial charge in [-0.2, -0.15) is 0 Å². The third-order valence-electron chi connectivity index (χ3n) is 6.19. The molecule has 1 saturated carbocycles. The zero-order chi connectivity index (χ0) is 22.4. The highest BCUT2D eigenvalue weighted by molar-refractivity contribution is 5.90. The second-order valence-corrected chi connectivity index (χ2v) is 8.02. The lowest BCUT2D eigenvalue weighted by atomic mass is 9.86. The number of H-pyrrole nitrogens is 1. The van der Waals surface area contributed by atoms with E-state index in [1.807, 2.05) is 6.07 Å². The average molecular weight is 434 g/mol. The molecule has 0 spiro atoms. The number of hydrogen-bond acceptors (Lipinski definition) is 8. The first-order valence-electron chi connectivity index (χ1n) is 10.4. The van der Waals surface area contributed by atoms with E-state index in [4.69, 9.17) is 10.5 Å². The van der Waals surface area contributed by atoms with Crippen LogP contribution in [0, 0.1) is 5.92 Å². The van der Waals surface area contributed by atoms with E-state index in [-0.39, 0.29) is 40.7 Å². The van der Waals surface area contributed by atoms with E-state index in [2.05, 4.69) is 19.9 Å². The number of para-hydroxylation sites is 1. The Balaban J connectivity index is 1.67. The molecule has 3 aromatic heterocycles. The molecule has 1 aliphatic carbocycles. The maximum absolute atomic E-state index is 13.7. The van der Waals surface area contributed by atoms with Crippen molar-refractivity contribution in [1.82, 2.24) is 24.5 Å². The number of aromatic hydroxyl groups is 1. The van der Waals surface area contributed by atoms with Crippen LogP contribution in [-0.2, 0) is 9.53 Å². The molecule has 5 rings (SSSR count). The molecule has 1 aliphatic rings. The van der Waals surface area contributed by atoms with E-state index in [9.17, 15) is 14.7 Å². The number of ether oxygens (including phenoxy) is 1. The Hall–Kier alpha value is -3.95. The largest absolute Gasteiger partial charge is 0.506 e. The molecule has 4 N–H and O–H groups in total. The number of aromatic nitrogens is 5. The fraction of sp³-hybridized carbons (Fsp3) is 0.318. The summed E-state index contributed by atoms with van der Waals surface area (Å²) in [5, 5.41) is 10.9. The lowest BCUT2D eigenvalue weighted by molar-refractivity contribution is -0.146. The molecule has 0 radical (unpaired) electrons. The second-order valence-electron chi connectivity index (χ2n) is 8.02. The number of phenols is 1. The summed E-state index contributed by atoms with van der Waals surface area (Å²) in [6.45, 7) is 0. The van der Waals surface area contributed by atoms with Gasteiger partial charge in [-0.25, -0.2) is 15.0 Å². The van der Waals surface area contributed by atoms with Gasteiger partial charge in [0.1, 0.15) is 17.6 Å². The highest BCUT2D eigenvalue weighted by Gasteiger charge is 2.30. The highest BCUT2D eigenvalue weighted by atomic mass is 16.5. The van der Waals surface area contributed by atoms with Crippen LogP contribution in [0.5, 0.6) is 5.75 Å². The van der Waals surface area contributed by atoms with Gasteiger partial charge in [0.25, 0.3) is 5.56 Å². The molecule has 4 aromatic rings. The summed E-state index contributed by atoms with van der Waals surface area (Å²) in [5.41, 5.74) is 7.63. The van der Waals surface area contributed by atoms with Crippen LogP contribution in [0.25, 0.3) is 33.5 Å². The van der Waals surface area contributed by atoms with Crippen LogP contribution < -0.4 is 11.3 Å². The van der Waals surface area contributed by atoms with E-state index in [1.165, 1.54) is 13.4 Å². The Morgan fingerprint density at radius 2 is 2.03 bits per heavy atom. The van der Waals surface area contributed by atoms with Crippen molar-refractivity contribution in [2.24, 2.45) is 5.92 Å². The lowest BCUT2D eigenvalue weighted by Crippen LogP contribution is -2.32. The number of anilines is 1. The van der Waals surface area contributed by atoms with Crippen LogP contribution in [0.15, 0.2) is 35.4 Å². The van der Waals surface area contributed by atoms with Crippen LogP contribution in [0.3, 0.4) is 0 Å². The molecule has 32 heavy (non-hydrogen) atoms. The van der Waals surface area contributed by atoms with Gasteiger partial charge in [0.2, 0.25) is 0 Å². The minimum absolute atomic E-state index is 0.0823. The highest BCUT2D eigenvalue weighted by Crippen LogP contribution is 2.34. The first kappa shape index (κ1) is 20.0. The molecule has 1 aromatic carbocycles. The third-order valence-corrected chi connectivity index (χ3v) is 6.19. The molecule has 10 heteroatoms. The van der Waals surface area contributed by atoms with Crippen molar-refractivity contribution in [3.8, 4) is 17.1 Å². The van der Waals surface area contributed by atoms with Crippen LogP contribution in [0.2, 0.25) is 0 Å². The molecule has 164 valence electrons. The molecule has 3 heterocycles. The number of fused-ring (bicyclic) bond motifs is 2. The number of carbonyl (C=O) groups is 1. The normalized spacial score (nSPS) is 18.8. The van der Waals surface area contributed by atoms with E-state index in [1.54, 1.807) is 22.8 Å². The molecule has 0 saturated heterocycles. The van der Waals surface area contributed by atoms with E-state index in [0.717, 1.165) is 5.39 Å². The standard InChI is InChI=1S/C22H22N6O4/c1-32-22(31)11-5-7-13(8-6-11)28-20-18(19(23)24-10-25-20)27-17(21(28)30)14-9-12-3-2-4-15(29)16(12)26-14/h2-4,9-11,13,26,29H,5-8H2,1H3,(H2,23,24,25). The average Bonchev–Trinajstić information content (AvgIpc) is 3.24. The smallest absolute Gasteiger partial charge is 0.308 e. The zero-order valence-electron chi connectivity index (χ0n) is 17.4. The first-order valence-corrected chi connectivity index (χ1v) is 10.4. The fourth-order valence-corrected chi connectivity index (χ4v) is 4.55. The summed E-state index contributed by atoms with van der Waals surface area (Å²) in [5.74, 6) is -0.137. The van der Waals surface area contributed by atoms with Crippen molar-refractivity contribution in [3.63, 3.8) is 0 Å². The van der Waals surface area contributed by atoms with Gasteiger partial charge in [-0.05, 0) is 37.8 Å². The summed E-state index contributed by atoms with van der Waals surface area (Å²) in [4.78, 5) is 41.5. The minimum atomic E-state index is -0.317. The molecule has 0 unspecified atom stereocenters. The Bertz CT molecular complexity index is 1400. The van der Waals surface area contributed by atoms with Crippen LogP contribution in [-0.4, -0.2) is 42.7 Å². The minimum Gasteiger partial charge on any atom is -0.506 e. The number of esters is 1. The number of nitrogen functional groups attached to an aromatic ring is 1. The maximum atomic E-state index is 13.7. The summed E-state index contributed by atoms with van der Waals surface area (Å²) in [6.07, 6.45) is 3.79. The SMILES string of the molecule is COC(=O)C1CCC(n2c(=O)c(-c3cc4cccc(O)c4[nH]3)nc3c(N)ncnc32)CC1. The number of nitrogens with zero attached hydrogens (tertiary/aromatic N) is 4. The van der Waals surface area contributed by atoms with Crippen molar-refractivity contribution in [2.45, 2.75) is 31.7 Å². The first-order chi connectivity index (χ1) is 15.5.